The van der Waals surface area contributed by atoms with Crippen molar-refractivity contribution in [1.82, 2.24) is 25.3 Å². The monoisotopic (exact) mass is 331 g/mol. The van der Waals surface area contributed by atoms with Crippen molar-refractivity contribution in [3.63, 3.8) is 0 Å². The van der Waals surface area contributed by atoms with Crippen LogP contribution >= 0.6 is 0 Å². The van der Waals surface area contributed by atoms with Crippen molar-refractivity contribution >= 4 is 23.0 Å². The summed E-state index contributed by atoms with van der Waals surface area (Å²) in [6.45, 7) is 8.15. The summed E-state index contributed by atoms with van der Waals surface area (Å²) in [5, 5.41) is 7.36. The van der Waals surface area contributed by atoms with E-state index >= 15 is 0 Å². The molecule has 0 aliphatic carbocycles. The fourth-order valence-corrected chi connectivity index (χ4v) is 2.93. The highest BCUT2D eigenvalue weighted by Gasteiger charge is 2.27. The van der Waals surface area contributed by atoms with Gasteiger partial charge in [-0.05, 0) is 26.8 Å². The lowest BCUT2D eigenvalue weighted by atomic mass is 10.1. The van der Waals surface area contributed by atoms with E-state index in [2.05, 4.69) is 15.5 Å². The number of hydrogen-bond acceptors (Lipinski definition) is 5. The second-order valence-corrected chi connectivity index (χ2v) is 5.87. The summed E-state index contributed by atoms with van der Waals surface area (Å²) < 4.78 is 5.19. The molecule has 0 bridgehead atoms. The molecule has 128 valence electrons. The molecule has 0 aromatic carbocycles. The number of carbonyl (C=O) groups is 2. The van der Waals surface area contributed by atoms with Crippen molar-refractivity contribution < 1.29 is 14.1 Å². The highest BCUT2D eigenvalue weighted by molar-refractivity contribution is 6.06. The summed E-state index contributed by atoms with van der Waals surface area (Å²) in [7, 11) is 0. The molecule has 3 rings (SSSR count). The molecule has 1 aliphatic heterocycles. The van der Waals surface area contributed by atoms with Gasteiger partial charge >= 0.3 is 6.03 Å². The standard InChI is InChI=1S/C16H21N5O3/c1-4-17-16(23)21-7-5-20(6-8-21)15(22)12-9-10(2)18-14-13(12)11(3)19-24-14/h9H,4-8H2,1-3H3,(H,17,23). The quantitative estimate of drug-likeness (QED) is 0.896. The van der Waals surface area contributed by atoms with Gasteiger partial charge in [-0.3, -0.25) is 4.79 Å². The first-order chi connectivity index (χ1) is 11.5. The number of amides is 3. The second-order valence-electron chi connectivity index (χ2n) is 5.87. The SMILES string of the molecule is CCNC(=O)N1CCN(C(=O)c2cc(C)nc3onc(C)c23)CC1. The number of piperazine rings is 1. The van der Waals surface area contributed by atoms with E-state index < -0.39 is 0 Å². The van der Waals surface area contributed by atoms with Crippen molar-refractivity contribution in [1.29, 1.82) is 0 Å². The highest BCUT2D eigenvalue weighted by atomic mass is 16.5. The van der Waals surface area contributed by atoms with Gasteiger partial charge in [0.05, 0.1) is 16.6 Å². The Morgan fingerprint density at radius 3 is 2.54 bits per heavy atom. The maximum absolute atomic E-state index is 12.9. The molecule has 0 saturated carbocycles. The predicted molar refractivity (Wildman–Crippen MR) is 87.8 cm³/mol. The lowest BCUT2D eigenvalue weighted by molar-refractivity contribution is 0.0667. The van der Waals surface area contributed by atoms with Gasteiger partial charge in [-0.25, -0.2) is 9.78 Å². The van der Waals surface area contributed by atoms with Gasteiger partial charge < -0.3 is 19.6 Å². The molecule has 2 aromatic heterocycles. The summed E-state index contributed by atoms with van der Waals surface area (Å²) in [5.41, 5.74) is 2.31. The summed E-state index contributed by atoms with van der Waals surface area (Å²) in [6.07, 6.45) is 0. The van der Waals surface area contributed by atoms with E-state index in [4.69, 9.17) is 4.52 Å². The first kappa shape index (κ1) is 16.2. The van der Waals surface area contributed by atoms with E-state index in [-0.39, 0.29) is 11.9 Å². The summed E-state index contributed by atoms with van der Waals surface area (Å²) in [5.74, 6) is -0.0765. The topological polar surface area (TPSA) is 91.6 Å². The molecule has 8 nitrogen and oxygen atoms in total. The van der Waals surface area contributed by atoms with Gasteiger partial charge in [-0.15, -0.1) is 0 Å². The Labute approximate surface area is 139 Å². The first-order valence-corrected chi connectivity index (χ1v) is 8.07. The summed E-state index contributed by atoms with van der Waals surface area (Å²) in [6, 6.07) is 1.69. The molecular weight excluding hydrogens is 310 g/mol. The Kier molecular flexibility index (Phi) is 4.37. The number of rotatable bonds is 2. The minimum atomic E-state index is -0.0818. The van der Waals surface area contributed by atoms with E-state index in [1.807, 2.05) is 13.8 Å². The van der Waals surface area contributed by atoms with Crippen LogP contribution in [0.25, 0.3) is 11.1 Å². The Morgan fingerprint density at radius 2 is 1.88 bits per heavy atom. The summed E-state index contributed by atoms with van der Waals surface area (Å²) in [4.78, 5) is 32.6. The summed E-state index contributed by atoms with van der Waals surface area (Å²) >= 11 is 0. The molecule has 1 N–H and O–H groups in total. The average Bonchev–Trinajstić information content (AvgIpc) is 2.94. The van der Waals surface area contributed by atoms with E-state index in [0.29, 0.717) is 60.8 Å². The lowest BCUT2D eigenvalue weighted by Crippen LogP contribution is -2.53. The number of nitrogens with one attached hydrogen (secondary N) is 1. The Balaban J connectivity index is 1.79. The fraction of sp³-hybridized carbons (Fsp3) is 0.500. The van der Waals surface area contributed by atoms with Crippen molar-refractivity contribution in [2.45, 2.75) is 20.8 Å². The van der Waals surface area contributed by atoms with Gasteiger partial charge in [0.15, 0.2) is 0 Å². The molecule has 3 heterocycles. The van der Waals surface area contributed by atoms with Gasteiger partial charge in [0.2, 0.25) is 0 Å². The van der Waals surface area contributed by atoms with Crippen LogP contribution in [0.1, 0.15) is 28.7 Å². The number of aromatic nitrogens is 2. The highest BCUT2D eigenvalue weighted by Crippen LogP contribution is 2.23. The minimum absolute atomic E-state index is 0.0765. The lowest BCUT2D eigenvalue weighted by Gasteiger charge is -2.34. The van der Waals surface area contributed by atoms with Crippen molar-refractivity contribution in [2.75, 3.05) is 32.7 Å². The molecular formula is C16H21N5O3. The smallest absolute Gasteiger partial charge is 0.317 e. The third-order valence-electron chi connectivity index (χ3n) is 4.16. The number of pyridine rings is 1. The van der Waals surface area contributed by atoms with Gasteiger partial charge in [0.1, 0.15) is 0 Å². The molecule has 8 heteroatoms. The number of nitrogens with zero attached hydrogens (tertiary/aromatic N) is 4. The van der Waals surface area contributed by atoms with Crippen molar-refractivity contribution in [3.8, 4) is 0 Å². The normalized spacial score (nSPS) is 15.0. The molecule has 24 heavy (non-hydrogen) atoms. The van der Waals surface area contributed by atoms with E-state index in [1.54, 1.807) is 22.8 Å². The Hall–Kier alpha value is -2.64. The van der Waals surface area contributed by atoms with Crippen LogP contribution in [0.4, 0.5) is 4.79 Å². The van der Waals surface area contributed by atoms with Crippen molar-refractivity contribution in [3.05, 3.63) is 23.0 Å². The predicted octanol–water partition coefficient (Wildman–Crippen LogP) is 1.33. The van der Waals surface area contributed by atoms with Crippen LogP contribution in [0.15, 0.2) is 10.6 Å². The first-order valence-electron chi connectivity index (χ1n) is 8.07. The van der Waals surface area contributed by atoms with Crippen molar-refractivity contribution in [2.24, 2.45) is 0 Å². The van der Waals surface area contributed by atoms with Crippen LogP contribution in [-0.4, -0.2) is 64.6 Å². The molecule has 1 saturated heterocycles. The number of aryl methyl sites for hydroxylation is 2. The number of hydrogen-bond donors (Lipinski definition) is 1. The van der Waals surface area contributed by atoms with Gasteiger partial charge in [0, 0.05) is 38.4 Å². The molecule has 0 spiro atoms. The number of fused-ring (bicyclic) bond motifs is 1. The van der Waals surface area contributed by atoms with Crippen LogP contribution in [-0.2, 0) is 0 Å². The zero-order valence-corrected chi connectivity index (χ0v) is 14.1. The molecule has 0 radical (unpaired) electrons. The Bertz CT molecular complexity index is 777. The molecule has 1 fully saturated rings. The molecule has 2 aromatic rings. The molecule has 3 amide bonds. The van der Waals surface area contributed by atoms with Gasteiger partial charge in [-0.2, -0.15) is 0 Å². The third-order valence-corrected chi connectivity index (χ3v) is 4.16. The minimum Gasteiger partial charge on any atom is -0.338 e. The maximum Gasteiger partial charge on any atom is 0.317 e. The van der Waals surface area contributed by atoms with Crippen LogP contribution < -0.4 is 5.32 Å². The largest absolute Gasteiger partial charge is 0.338 e. The van der Waals surface area contributed by atoms with E-state index in [9.17, 15) is 9.59 Å². The zero-order chi connectivity index (χ0) is 17.3. The fourth-order valence-electron chi connectivity index (χ4n) is 2.93. The average molecular weight is 331 g/mol. The van der Waals surface area contributed by atoms with Crippen LogP contribution in [0.3, 0.4) is 0 Å². The molecule has 1 aliphatic rings. The third kappa shape index (κ3) is 2.91. The van der Waals surface area contributed by atoms with Gasteiger partial charge in [-0.1, -0.05) is 5.16 Å². The zero-order valence-electron chi connectivity index (χ0n) is 14.1. The maximum atomic E-state index is 12.9. The second kappa shape index (κ2) is 6.46. The van der Waals surface area contributed by atoms with E-state index in [0.717, 1.165) is 0 Å². The number of carbonyl (C=O) groups excluding carboxylic acids is 2. The van der Waals surface area contributed by atoms with Crippen LogP contribution in [0.2, 0.25) is 0 Å². The van der Waals surface area contributed by atoms with Crippen LogP contribution in [0, 0.1) is 13.8 Å². The Morgan fingerprint density at radius 1 is 1.21 bits per heavy atom. The molecule has 0 atom stereocenters. The molecule has 0 unspecified atom stereocenters. The van der Waals surface area contributed by atoms with Gasteiger partial charge in [0.25, 0.3) is 11.6 Å². The van der Waals surface area contributed by atoms with E-state index in [1.165, 1.54) is 0 Å². The van der Waals surface area contributed by atoms with Crippen LogP contribution in [0.5, 0.6) is 0 Å². The number of urea groups is 1.